The molecule has 1 heterocycles. The van der Waals surface area contributed by atoms with Crippen LogP contribution in [-0.4, -0.2) is 25.9 Å². The molecule has 0 saturated heterocycles. The third-order valence-electron chi connectivity index (χ3n) is 2.51. The number of thiophene rings is 1. The predicted octanol–water partition coefficient (Wildman–Crippen LogP) is 2.58. The Hall–Kier alpha value is -0.420. The summed E-state index contributed by atoms with van der Waals surface area (Å²) in [6.45, 7) is 4.68. The maximum absolute atomic E-state index is 6.09. The van der Waals surface area contributed by atoms with E-state index in [-0.39, 0.29) is 18.2 Å². The lowest BCUT2D eigenvalue weighted by Gasteiger charge is -2.26. The lowest BCUT2D eigenvalue weighted by atomic mass is 10.0. The van der Waals surface area contributed by atoms with Crippen LogP contribution < -0.4 is 5.73 Å². The molecule has 92 valence electrons. The Morgan fingerprint density at radius 1 is 1.50 bits per heavy atom. The Bertz CT molecular complexity index is 277. The minimum Gasteiger partial charge on any atom is -0.382 e. The standard InChI is InChI=1S/C12H21NO2S/c1-4-11(13)12(10-5-6-16-8-10)15-9(2)7-14-3/h5-6,8-9,11-12H,4,7,13H2,1-3H3. The molecule has 0 saturated carbocycles. The van der Waals surface area contributed by atoms with Gasteiger partial charge in [0.05, 0.1) is 18.8 Å². The Balaban J connectivity index is 2.65. The molecule has 3 nitrogen and oxygen atoms in total. The SMILES string of the molecule is CCC(N)C(OC(C)COC)c1ccsc1. The van der Waals surface area contributed by atoms with E-state index in [0.29, 0.717) is 6.61 Å². The van der Waals surface area contributed by atoms with Gasteiger partial charge in [0.1, 0.15) is 0 Å². The van der Waals surface area contributed by atoms with Crippen molar-refractivity contribution in [3.63, 3.8) is 0 Å². The molecule has 3 unspecified atom stereocenters. The average Bonchev–Trinajstić information content (AvgIpc) is 2.78. The zero-order valence-electron chi connectivity index (χ0n) is 10.2. The van der Waals surface area contributed by atoms with Crippen LogP contribution in [0.5, 0.6) is 0 Å². The number of methoxy groups -OCH3 is 1. The van der Waals surface area contributed by atoms with Gasteiger partial charge in [0.15, 0.2) is 0 Å². The summed E-state index contributed by atoms with van der Waals surface area (Å²) in [6, 6.07) is 2.11. The number of hydrogen-bond donors (Lipinski definition) is 1. The highest BCUT2D eigenvalue weighted by Gasteiger charge is 2.21. The predicted molar refractivity (Wildman–Crippen MR) is 67.7 cm³/mol. The molecule has 1 aromatic rings. The van der Waals surface area contributed by atoms with Gasteiger partial charge in [0.2, 0.25) is 0 Å². The van der Waals surface area contributed by atoms with E-state index >= 15 is 0 Å². The summed E-state index contributed by atoms with van der Waals surface area (Å²) in [4.78, 5) is 0. The Morgan fingerprint density at radius 3 is 2.75 bits per heavy atom. The normalized spacial score (nSPS) is 17.0. The molecule has 0 aliphatic rings. The zero-order valence-corrected chi connectivity index (χ0v) is 11.0. The van der Waals surface area contributed by atoms with Gasteiger partial charge in [-0.05, 0) is 35.7 Å². The molecule has 1 rings (SSSR count). The molecule has 0 aromatic carbocycles. The van der Waals surface area contributed by atoms with E-state index in [2.05, 4.69) is 23.8 Å². The average molecular weight is 243 g/mol. The summed E-state index contributed by atoms with van der Waals surface area (Å²) in [7, 11) is 1.68. The molecule has 1 aromatic heterocycles. The lowest BCUT2D eigenvalue weighted by Crippen LogP contribution is -2.32. The van der Waals surface area contributed by atoms with Crippen LogP contribution in [0.3, 0.4) is 0 Å². The maximum Gasteiger partial charge on any atom is 0.0988 e. The first-order valence-corrected chi connectivity index (χ1v) is 6.55. The van der Waals surface area contributed by atoms with Crippen molar-refractivity contribution >= 4 is 11.3 Å². The number of hydrogen-bond acceptors (Lipinski definition) is 4. The van der Waals surface area contributed by atoms with Gasteiger partial charge >= 0.3 is 0 Å². The van der Waals surface area contributed by atoms with E-state index in [4.69, 9.17) is 15.2 Å². The Morgan fingerprint density at radius 2 is 2.25 bits per heavy atom. The summed E-state index contributed by atoms with van der Waals surface area (Å²) in [5, 5.41) is 4.15. The van der Waals surface area contributed by atoms with Gasteiger partial charge in [-0.2, -0.15) is 11.3 Å². The van der Waals surface area contributed by atoms with E-state index in [0.717, 1.165) is 6.42 Å². The van der Waals surface area contributed by atoms with Crippen molar-refractivity contribution in [3.8, 4) is 0 Å². The fourth-order valence-electron chi connectivity index (χ4n) is 1.60. The second-order valence-corrected chi connectivity index (χ2v) is 4.73. The first kappa shape index (κ1) is 13.6. The Kier molecular flexibility index (Phi) is 5.98. The molecule has 0 amide bonds. The molecular formula is C12H21NO2S. The van der Waals surface area contributed by atoms with Crippen LogP contribution >= 0.6 is 11.3 Å². The first-order chi connectivity index (χ1) is 7.69. The van der Waals surface area contributed by atoms with Crippen LogP contribution in [0, 0.1) is 0 Å². The maximum atomic E-state index is 6.09. The fourth-order valence-corrected chi connectivity index (χ4v) is 2.29. The van der Waals surface area contributed by atoms with Crippen LogP contribution in [0.1, 0.15) is 31.9 Å². The molecule has 3 atom stereocenters. The molecule has 0 aliphatic carbocycles. The van der Waals surface area contributed by atoms with Gasteiger partial charge in [0.25, 0.3) is 0 Å². The third kappa shape index (κ3) is 3.87. The summed E-state index contributed by atoms with van der Waals surface area (Å²) in [5.41, 5.74) is 7.26. The van der Waals surface area contributed by atoms with Gasteiger partial charge in [-0.3, -0.25) is 0 Å². The molecule has 0 spiro atoms. The highest BCUT2D eigenvalue weighted by Crippen LogP contribution is 2.25. The summed E-state index contributed by atoms with van der Waals surface area (Å²) in [6.07, 6.45) is 0.939. The highest BCUT2D eigenvalue weighted by atomic mass is 32.1. The van der Waals surface area contributed by atoms with E-state index in [1.54, 1.807) is 18.4 Å². The van der Waals surface area contributed by atoms with Gasteiger partial charge in [0, 0.05) is 13.2 Å². The molecule has 0 radical (unpaired) electrons. The first-order valence-electron chi connectivity index (χ1n) is 5.61. The summed E-state index contributed by atoms with van der Waals surface area (Å²) in [5.74, 6) is 0. The molecule has 4 heteroatoms. The smallest absolute Gasteiger partial charge is 0.0988 e. The van der Waals surface area contributed by atoms with E-state index < -0.39 is 0 Å². The fraction of sp³-hybridized carbons (Fsp3) is 0.667. The van der Waals surface area contributed by atoms with Gasteiger partial charge in [-0.25, -0.2) is 0 Å². The third-order valence-corrected chi connectivity index (χ3v) is 3.21. The van der Waals surface area contributed by atoms with Gasteiger partial charge in [-0.15, -0.1) is 0 Å². The van der Waals surface area contributed by atoms with Crippen molar-refractivity contribution < 1.29 is 9.47 Å². The minimum absolute atomic E-state index is 0.0265. The molecule has 0 bridgehead atoms. The quantitative estimate of drug-likeness (QED) is 0.800. The lowest BCUT2D eigenvalue weighted by molar-refractivity contribution is -0.0505. The molecule has 16 heavy (non-hydrogen) atoms. The zero-order chi connectivity index (χ0) is 12.0. The monoisotopic (exact) mass is 243 g/mol. The van der Waals surface area contributed by atoms with Crippen molar-refractivity contribution in [1.82, 2.24) is 0 Å². The second-order valence-electron chi connectivity index (χ2n) is 3.95. The van der Waals surface area contributed by atoms with Crippen LogP contribution in [-0.2, 0) is 9.47 Å². The summed E-state index contributed by atoms with van der Waals surface area (Å²) < 4.78 is 11.0. The van der Waals surface area contributed by atoms with Crippen LogP contribution in [0.2, 0.25) is 0 Å². The van der Waals surface area contributed by atoms with Crippen LogP contribution in [0.25, 0.3) is 0 Å². The summed E-state index contributed by atoms with van der Waals surface area (Å²) >= 11 is 1.67. The number of rotatable bonds is 7. The van der Waals surface area contributed by atoms with Crippen molar-refractivity contribution in [2.75, 3.05) is 13.7 Å². The van der Waals surface area contributed by atoms with Crippen molar-refractivity contribution in [2.45, 2.75) is 38.5 Å². The number of ether oxygens (including phenoxy) is 2. The van der Waals surface area contributed by atoms with E-state index in [1.807, 2.05) is 6.92 Å². The molecule has 0 fully saturated rings. The molecular weight excluding hydrogens is 222 g/mol. The van der Waals surface area contributed by atoms with Crippen LogP contribution in [0.4, 0.5) is 0 Å². The topological polar surface area (TPSA) is 44.5 Å². The molecule has 2 N–H and O–H groups in total. The van der Waals surface area contributed by atoms with Gasteiger partial charge in [-0.1, -0.05) is 6.92 Å². The van der Waals surface area contributed by atoms with Crippen molar-refractivity contribution in [2.24, 2.45) is 5.73 Å². The largest absolute Gasteiger partial charge is 0.382 e. The van der Waals surface area contributed by atoms with Crippen molar-refractivity contribution in [1.29, 1.82) is 0 Å². The van der Waals surface area contributed by atoms with Crippen LogP contribution in [0.15, 0.2) is 16.8 Å². The van der Waals surface area contributed by atoms with Gasteiger partial charge < -0.3 is 15.2 Å². The van der Waals surface area contributed by atoms with E-state index in [1.165, 1.54) is 5.56 Å². The minimum atomic E-state index is -0.0265. The van der Waals surface area contributed by atoms with E-state index in [9.17, 15) is 0 Å². The highest BCUT2D eigenvalue weighted by molar-refractivity contribution is 7.07. The molecule has 0 aliphatic heterocycles. The Labute approximate surface area is 102 Å². The second kappa shape index (κ2) is 7.01. The number of nitrogens with two attached hydrogens (primary N) is 1. The van der Waals surface area contributed by atoms with Crippen molar-refractivity contribution in [3.05, 3.63) is 22.4 Å².